The van der Waals surface area contributed by atoms with Crippen molar-refractivity contribution in [3.8, 4) is 0 Å². The number of aryl methyl sites for hydroxylation is 1. The van der Waals surface area contributed by atoms with E-state index < -0.39 is 0 Å². The fourth-order valence-corrected chi connectivity index (χ4v) is 5.98. The molecule has 4 heterocycles. The fraction of sp³-hybridized carbons (Fsp3) is 0.500. The van der Waals surface area contributed by atoms with Crippen LogP contribution in [-0.2, 0) is 17.5 Å². The van der Waals surface area contributed by atoms with Gasteiger partial charge in [0, 0.05) is 34.4 Å². The first-order valence-electron chi connectivity index (χ1n) is 11.5. The molecule has 1 aliphatic rings. The van der Waals surface area contributed by atoms with Crippen LogP contribution in [0, 0.1) is 0 Å². The van der Waals surface area contributed by atoms with Gasteiger partial charge in [0.15, 0.2) is 0 Å². The third-order valence-electron chi connectivity index (χ3n) is 8.28. The molecule has 4 aromatic rings. The minimum absolute atomic E-state index is 0.0697. The molecule has 0 N–H and O–H groups in total. The first-order chi connectivity index (χ1) is 14.0. The molecule has 3 aromatic heterocycles. The molecule has 0 spiro atoms. The summed E-state index contributed by atoms with van der Waals surface area (Å²) in [7, 11) is 0. The Morgan fingerprint density at radius 3 is 2.48 bits per heavy atom. The molecule has 2 atom stereocenters. The Morgan fingerprint density at radius 2 is 1.76 bits per heavy atom. The number of nitrogens with zero attached hydrogens (tertiary/aromatic N) is 3. The maximum atomic E-state index is 2.58. The van der Waals surface area contributed by atoms with E-state index in [0.29, 0.717) is 0 Å². The predicted molar refractivity (Wildman–Crippen MR) is 122 cm³/mol. The zero-order valence-electron chi connectivity index (χ0n) is 18.6. The van der Waals surface area contributed by atoms with Crippen LogP contribution >= 0.6 is 0 Å². The lowest BCUT2D eigenvalue weighted by atomic mass is 9.62. The van der Waals surface area contributed by atoms with E-state index in [1.54, 1.807) is 0 Å². The van der Waals surface area contributed by atoms with Crippen molar-refractivity contribution in [1.82, 2.24) is 8.97 Å². The summed E-state index contributed by atoms with van der Waals surface area (Å²) in [6.07, 6.45) is 15.2. The summed E-state index contributed by atoms with van der Waals surface area (Å²) >= 11 is 0. The number of hydrogen-bond donors (Lipinski definition) is 0. The first kappa shape index (κ1) is 18.7. The van der Waals surface area contributed by atoms with Gasteiger partial charge in [-0.15, -0.1) is 0 Å². The molecule has 0 bridgehead atoms. The van der Waals surface area contributed by atoms with Gasteiger partial charge in [0.05, 0.1) is 5.39 Å². The number of unbranched alkanes of at least 4 members (excludes halogenated alkanes) is 2. The lowest BCUT2D eigenvalue weighted by Crippen LogP contribution is -2.65. The van der Waals surface area contributed by atoms with E-state index in [1.165, 1.54) is 52.1 Å². The Bertz CT molecular complexity index is 1230. The average Bonchev–Trinajstić information content (AvgIpc) is 3.18. The molecule has 0 amide bonds. The zero-order valence-corrected chi connectivity index (χ0v) is 18.6. The zero-order chi connectivity index (χ0) is 20.4. The van der Waals surface area contributed by atoms with Crippen LogP contribution in [0.2, 0.25) is 0 Å². The average molecular weight is 389 g/mol. The molecule has 29 heavy (non-hydrogen) atoms. The smallest absolute Gasteiger partial charge is 0.295 e. The highest BCUT2D eigenvalue weighted by Crippen LogP contribution is 2.50. The van der Waals surface area contributed by atoms with E-state index >= 15 is 0 Å². The van der Waals surface area contributed by atoms with Crippen LogP contribution in [0.3, 0.4) is 0 Å². The molecule has 0 fully saturated rings. The maximum Gasteiger partial charge on any atom is 0.295 e. The largest absolute Gasteiger partial charge is 0.347 e. The van der Waals surface area contributed by atoms with Crippen molar-refractivity contribution >= 4 is 27.3 Å². The first-order valence-corrected chi connectivity index (χ1v) is 11.5. The van der Waals surface area contributed by atoms with Crippen molar-refractivity contribution < 1.29 is 4.57 Å². The Morgan fingerprint density at radius 1 is 0.931 bits per heavy atom. The molecular weight excluding hydrogens is 354 g/mol. The molecule has 1 aliphatic heterocycles. The lowest BCUT2D eigenvalue weighted by Gasteiger charge is -2.46. The second kappa shape index (κ2) is 6.35. The molecule has 5 rings (SSSR count). The number of aromatic nitrogens is 3. The van der Waals surface area contributed by atoms with Gasteiger partial charge in [-0.2, -0.15) is 0 Å². The third-order valence-corrected chi connectivity index (χ3v) is 8.28. The van der Waals surface area contributed by atoms with Gasteiger partial charge in [-0.3, -0.25) is 0 Å². The molecular formula is C26H34N3+. The minimum Gasteiger partial charge on any atom is -0.347 e. The maximum absolute atomic E-state index is 2.58. The number of imidazole rings is 1. The normalized spacial score (nSPS) is 23.8. The van der Waals surface area contributed by atoms with Crippen molar-refractivity contribution in [2.75, 3.05) is 0 Å². The highest BCUT2D eigenvalue weighted by Gasteiger charge is 2.53. The SMILES string of the molecule is CCCCCn1ccc2cn3cc[n+]4c3c3c(ccc1c23)C(C)(CC)C4(C)CC. The quantitative estimate of drug-likeness (QED) is 0.270. The number of hydrogen-bond acceptors (Lipinski definition) is 0. The molecule has 3 heteroatoms. The minimum atomic E-state index is 0.0697. The molecule has 0 saturated carbocycles. The second-order valence-electron chi connectivity index (χ2n) is 9.40. The fourth-order valence-electron chi connectivity index (χ4n) is 5.98. The second-order valence-corrected chi connectivity index (χ2v) is 9.40. The Kier molecular flexibility index (Phi) is 4.10. The molecule has 3 nitrogen and oxygen atoms in total. The van der Waals surface area contributed by atoms with Gasteiger partial charge in [-0.25, -0.2) is 8.97 Å². The van der Waals surface area contributed by atoms with Gasteiger partial charge in [0.1, 0.15) is 24.1 Å². The van der Waals surface area contributed by atoms with Crippen LogP contribution in [0.5, 0.6) is 0 Å². The molecule has 152 valence electrons. The Hall–Kier alpha value is -2.29. The van der Waals surface area contributed by atoms with Gasteiger partial charge >= 0.3 is 0 Å². The topological polar surface area (TPSA) is 13.2 Å². The van der Waals surface area contributed by atoms with Gasteiger partial charge in [0.2, 0.25) is 0 Å². The third kappa shape index (κ3) is 2.22. The summed E-state index contributed by atoms with van der Waals surface area (Å²) < 4.78 is 7.40. The van der Waals surface area contributed by atoms with Crippen molar-refractivity contribution in [3.05, 3.63) is 48.5 Å². The monoisotopic (exact) mass is 388 g/mol. The summed E-state index contributed by atoms with van der Waals surface area (Å²) in [4.78, 5) is 0. The van der Waals surface area contributed by atoms with Gasteiger partial charge in [-0.1, -0.05) is 46.6 Å². The van der Waals surface area contributed by atoms with Crippen molar-refractivity contribution in [1.29, 1.82) is 0 Å². The lowest BCUT2D eigenvalue weighted by molar-refractivity contribution is -0.750. The molecule has 0 radical (unpaired) electrons. The van der Waals surface area contributed by atoms with E-state index in [0.717, 1.165) is 19.4 Å². The molecule has 0 saturated heterocycles. The van der Waals surface area contributed by atoms with Crippen molar-refractivity contribution in [2.45, 2.75) is 84.2 Å². The van der Waals surface area contributed by atoms with E-state index in [2.05, 4.69) is 91.1 Å². The van der Waals surface area contributed by atoms with Crippen LogP contribution in [0.1, 0.15) is 72.3 Å². The van der Waals surface area contributed by atoms with Crippen LogP contribution in [0.4, 0.5) is 0 Å². The van der Waals surface area contributed by atoms with E-state index in [4.69, 9.17) is 0 Å². The van der Waals surface area contributed by atoms with Gasteiger partial charge < -0.3 is 4.57 Å². The highest BCUT2D eigenvalue weighted by molar-refractivity contribution is 6.14. The summed E-state index contributed by atoms with van der Waals surface area (Å²) in [5, 5.41) is 4.25. The summed E-state index contributed by atoms with van der Waals surface area (Å²) in [6, 6.07) is 7.16. The van der Waals surface area contributed by atoms with Gasteiger partial charge in [0.25, 0.3) is 5.65 Å². The predicted octanol–water partition coefficient (Wildman–Crippen LogP) is 6.33. The molecule has 1 aromatic carbocycles. The summed E-state index contributed by atoms with van der Waals surface area (Å²) in [5.74, 6) is 0. The number of benzene rings is 1. The number of pyridine rings is 2. The van der Waals surface area contributed by atoms with Crippen LogP contribution in [-0.4, -0.2) is 8.97 Å². The van der Waals surface area contributed by atoms with Crippen LogP contribution < -0.4 is 4.57 Å². The van der Waals surface area contributed by atoms with E-state index in [-0.39, 0.29) is 11.0 Å². The van der Waals surface area contributed by atoms with Gasteiger partial charge in [-0.05, 0) is 43.9 Å². The Labute approximate surface area is 174 Å². The van der Waals surface area contributed by atoms with Crippen LogP contribution in [0.25, 0.3) is 27.3 Å². The number of rotatable bonds is 6. The molecule has 2 unspecified atom stereocenters. The molecule has 0 aliphatic carbocycles. The van der Waals surface area contributed by atoms with Crippen molar-refractivity contribution in [2.24, 2.45) is 0 Å². The highest BCUT2D eigenvalue weighted by atomic mass is 15.2. The van der Waals surface area contributed by atoms with E-state index in [9.17, 15) is 0 Å². The standard InChI is InChI=1S/C26H34N3/c1-6-9-10-14-27-15-13-19-18-28-16-17-29-24(28)23-20(11-12-21(27)22(19)23)25(4,7-2)26(29,5)8-3/h11-13,15-18H,6-10,14H2,1-5H3/q+1. The van der Waals surface area contributed by atoms with Crippen LogP contribution in [0.15, 0.2) is 43.0 Å². The van der Waals surface area contributed by atoms with E-state index in [1.807, 2.05) is 0 Å². The Balaban J connectivity index is 1.92. The summed E-state index contributed by atoms with van der Waals surface area (Å²) in [5.41, 5.74) is 4.44. The van der Waals surface area contributed by atoms with Crippen molar-refractivity contribution in [3.63, 3.8) is 0 Å². The summed E-state index contributed by atoms with van der Waals surface area (Å²) in [6.45, 7) is 13.0.